The first-order chi connectivity index (χ1) is 9.52. The van der Waals surface area contributed by atoms with Gasteiger partial charge in [-0.3, -0.25) is 0 Å². The molecule has 1 aromatic carbocycles. The third-order valence-corrected chi connectivity index (χ3v) is 3.72. The van der Waals surface area contributed by atoms with Crippen LogP contribution in [0.1, 0.15) is 26.2 Å². The fourth-order valence-corrected chi connectivity index (χ4v) is 2.21. The number of hydrogen-bond acceptors (Lipinski definition) is 5. The first-order valence-electron chi connectivity index (χ1n) is 6.45. The van der Waals surface area contributed by atoms with Gasteiger partial charge in [0.1, 0.15) is 0 Å². The van der Waals surface area contributed by atoms with Gasteiger partial charge >= 0.3 is 0 Å². The third kappa shape index (κ3) is 3.88. The fourth-order valence-electron chi connectivity index (χ4n) is 1.75. The van der Waals surface area contributed by atoms with Crippen LogP contribution < -0.4 is 5.32 Å². The zero-order valence-electron chi connectivity index (χ0n) is 11.6. The van der Waals surface area contributed by atoms with Crippen molar-refractivity contribution in [3.8, 4) is 11.5 Å². The van der Waals surface area contributed by atoms with Gasteiger partial charge in [0.15, 0.2) is 0 Å². The summed E-state index contributed by atoms with van der Waals surface area (Å²) in [7, 11) is 0. The van der Waals surface area contributed by atoms with Crippen LogP contribution in [-0.2, 0) is 6.54 Å². The van der Waals surface area contributed by atoms with E-state index in [-0.39, 0.29) is 12.1 Å². The number of hydrogen-bond donors (Lipinski definition) is 2. The van der Waals surface area contributed by atoms with Gasteiger partial charge in [0.2, 0.25) is 11.8 Å². The van der Waals surface area contributed by atoms with Gasteiger partial charge in [-0.05, 0) is 48.3 Å². The lowest BCUT2D eigenvalue weighted by atomic mass is 10.0. The van der Waals surface area contributed by atoms with Crippen molar-refractivity contribution in [1.82, 2.24) is 15.5 Å². The molecule has 0 aliphatic carbocycles. The smallest absolute Gasteiger partial charge is 0.248 e. The van der Waals surface area contributed by atoms with Crippen molar-refractivity contribution in [2.24, 2.45) is 0 Å². The summed E-state index contributed by atoms with van der Waals surface area (Å²) in [5.41, 5.74) is 0.706. The Morgan fingerprint density at radius 3 is 2.75 bits per heavy atom. The van der Waals surface area contributed by atoms with Crippen molar-refractivity contribution in [1.29, 1.82) is 0 Å². The molecule has 2 rings (SSSR count). The largest absolute Gasteiger partial charge is 0.419 e. The van der Waals surface area contributed by atoms with Gasteiger partial charge in [-0.1, -0.05) is 12.1 Å². The highest BCUT2D eigenvalue weighted by Crippen LogP contribution is 2.26. The first kappa shape index (κ1) is 15.2. The Balaban J connectivity index is 2.05. The summed E-state index contributed by atoms with van der Waals surface area (Å²) in [5.74, 6) is 1.02. The van der Waals surface area contributed by atoms with Crippen molar-refractivity contribution < 1.29 is 9.52 Å². The van der Waals surface area contributed by atoms with Gasteiger partial charge in [0, 0.05) is 16.6 Å². The summed E-state index contributed by atoms with van der Waals surface area (Å²) in [5, 5.41) is 20.4. The van der Waals surface area contributed by atoms with Crippen molar-refractivity contribution >= 4 is 15.9 Å². The maximum Gasteiger partial charge on any atom is 0.248 e. The second-order valence-corrected chi connectivity index (χ2v) is 6.05. The monoisotopic (exact) mass is 339 g/mol. The quantitative estimate of drug-likeness (QED) is 0.846. The van der Waals surface area contributed by atoms with E-state index in [0.29, 0.717) is 24.7 Å². The van der Waals surface area contributed by atoms with Crippen LogP contribution in [0.25, 0.3) is 11.5 Å². The van der Waals surface area contributed by atoms with Crippen LogP contribution in [0.15, 0.2) is 33.2 Å². The molecule has 1 heterocycles. The minimum atomic E-state index is -0.170. The molecule has 0 unspecified atom stereocenters. The standard InChI is InChI=1S/C14H18BrN3O2/c1-14(2,7-8-19)16-9-12-17-18-13(20-12)10-5-3-4-6-11(10)15/h3-6,16,19H,7-9H2,1-2H3. The number of aliphatic hydroxyl groups excluding tert-OH is 1. The molecule has 108 valence electrons. The molecule has 2 aromatic rings. The number of aliphatic hydroxyl groups is 1. The second-order valence-electron chi connectivity index (χ2n) is 5.19. The summed E-state index contributed by atoms with van der Waals surface area (Å²) in [4.78, 5) is 0. The molecule has 1 aromatic heterocycles. The van der Waals surface area contributed by atoms with Crippen LogP contribution in [0, 0.1) is 0 Å². The van der Waals surface area contributed by atoms with Crippen LogP contribution in [-0.4, -0.2) is 27.4 Å². The van der Waals surface area contributed by atoms with Gasteiger partial charge in [-0.25, -0.2) is 0 Å². The lowest BCUT2D eigenvalue weighted by Gasteiger charge is -2.24. The van der Waals surface area contributed by atoms with E-state index in [4.69, 9.17) is 9.52 Å². The topological polar surface area (TPSA) is 71.2 Å². The zero-order valence-corrected chi connectivity index (χ0v) is 13.1. The van der Waals surface area contributed by atoms with Gasteiger partial charge < -0.3 is 14.8 Å². The minimum Gasteiger partial charge on any atom is -0.419 e. The van der Waals surface area contributed by atoms with Gasteiger partial charge in [-0.15, -0.1) is 10.2 Å². The summed E-state index contributed by atoms with van der Waals surface area (Å²) in [6.45, 7) is 4.67. The van der Waals surface area contributed by atoms with E-state index in [1.807, 2.05) is 38.1 Å². The predicted molar refractivity (Wildman–Crippen MR) is 80.1 cm³/mol. The van der Waals surface area contributed by atoms with E-state index >= 15 is 0 Å². The Kier molecular flexibility index (Phi) is 4.91. The SMILES string of the molecule is CC(C)(CCO)NCc1nnc(-c2ccccc2Br)o1. The molecule has 0 atom stereocenters. The van der Waals surface area contributed by atoms with Crippen molar-refractivity contribution in [2.45, 2.75) is 32.4 Å². The molecule has 0 radical (unpaired) electrons. The molecule has 0 aliphatic heterocycles. The summed E-state index contributed by atoms with van der Waals surface area (Å²) in [6, 6.07) is 7.71. The Morgan fingerprint density at radius 2 is 2.05 bits per heavy atom. The summed E-state index contributed by atoms with van der Waals surface area (Å²) < 4.78 is 6.57. The normalized spacial score (nSPS) is 11.8. The molecule has 0 fully saturated rings. The van der Waals surface area contributed by atoms with E-state index < -0.39 is 0 Å². The van der Waals surface area contributed by atoms with Gasteiger partial charge in [0.05, 0.1) is 12.1 Å². The third-order valence-electron chi connectivity index (χ3n) is 3.03. The van der Waals surface area contributed by atoms with Crippen LogP contribution in [0.2, 0.25) is 0 Å². The molecule has 0 aliphatic rings. The highest BCUT2D eigenvalue weighted by atomic mass is 79.9. The number of aromatic nitrogens is 2. The molecular weight excluding hydrogens is 322 g/mol. The van der Waals surface area contributed by atoms with E-state index in [0.717, 1.165) is 10.0 Å². The Labute approximate surface area is 126 Å². The van der Waals surface area contributed by atoms with E-state index in [1.54, 1.807) is 0 Å². The minimum absolute atomic E-state index is 0.145. The average molecular weight is 340 g/mol. The highest BCUT2D eigenvalue weighted by Gasteiger charge is 2.18. The lowest BCUT2D eigenvalue weighted by Crippen LogP contribution is -2.39. The molecule has 0 saturated carbocycles. The van der Waals surface area contributed by atoms with E-state index in [9.17, 15) is 0 Å². The zero-order chi connectivity index (χ0) is 14.6. The number of nitrogens with one attached hydrogen (secondary N) is 1. The van der Waals surface area contributed by atoms with Crippen LogP contribution in [0.4, 0.5) is 0 Å². The molecule has 0 amide bonds. The maximum atomic E-state index is 8.99. The maximum absolute atomic E-state index is 8.99. The summed E-state index contributed by atoms with van der Waals surface area (Å²) >= 11 is 3.46. The van der Waals surface area contributed by atoms with E-state index in [2.05, 4.69) is 31.4 Å². The molecule has 0 saturated heterocycles. The van der Waals surface area contributed by atoms with Gasteiger partial charge in [-0.2, -0.15) is 0 Å². The Bertz CT molecular complexity index is 569. The number of halogens is 1. The molecule has 20 heavy (non-hydrogen) atoms. The highest BCUT2D eigenvalue weighted by molar-refractivity contribution is 9.10. The average Bonchev–Trinajstić information content (AvgIpc) is 2.86. The molecule has 6 heteroatoms. The lowest BCUT2D eigenvalue weighted by molar-refractivity contribution is 0.226. The van der Waals surface area contributed by atoms with Gasteiger partial charge in [0.25, 0.3) is 0 Å². The number of rotatable bonds is 6. The molecular formula is C14H18BrN3O2. The second kappa shape index (κ2) is 6.47. The molecule has 5 nitrogen and oxygen atoms in total. The van der Waals surface area contributed by atoms with Crippen molar-refractivity contribution in [3.63, 3.8) is 0 Å². The molecule has 0 spiro atoms. The molecule has 0 bridgehead atoms. The van der Waals surface area contributed by atoms with Crippen LogP contribution in [0.5, 0.6) is 0 Å². The Hall–Kier alpha value is -1.24. The predicted octanol–water partition coefficient (Wildman–Crippen LogP) is 2.75. The first-order valence-corrected chi connectivity index (χ1v) is 7.24. The summed E-state index contributed by atoms with van der Waals surface area (Å²) in [6.07, 6.45) is 0.665. The van der Waals surface area contributed by atoms with Crippen molar-refractivity contribution in [2.75, 3.05) is 6.61 Å². The Morgan fingerprint density at radius 1 is 1.30 bits per heavy atom. The molecule has 2 N–H and O–H groups in total. The van der Waals surface area contributed by atoms with E-state index in [1.165, 1.54) is 0 Å². The number of benzene rings is 1. The van der Waals surface area contributed by atoms with Crippen molar-refractivity contribution in [3.05, 3.63) is 34.6 Å². The number of nitrogens with zero attached hydrogens (tertiary/aromatic N) is 2. The van der Waals surface area contributed by atoms with Crippen LogP contribution in [0.3, 0.4) is 0 Å². The van der Waals surface area contributed by atoms with Crippen LogP contribution >= 0.6 is 15.9 Å². The fraction of sp³-hybridized carbons (Fsp3) is 0.429.